The van der Waals surface area contributed by atoms with E-state index in [9.17, 15) is 15.0 Å². The van der Waals surface area contributed by atoms with E-state index in [-0.39, 0.29) is 12.5 Å². The van der Waals surface area contributed by atoms with Crippen LogP contribution in [0.1, 0.15) is 316 Å². The van der Waals surface area contributed by atoms with E-state index in [0.29, 0.717) is 6.42 Å². The molecule has 0 aliphatic carbocycles. The molecule has 0 aromatic carbocycles. The largest absolute Gasteiger partial charge is 0.394 e. The first-order valence-electron chi connectivity index (χ1n) is 28.1. The summed E-state index contributed by atoms with van der Waals surface area (Å²) in [6.07, 6.45) is 70.7. The van der Waals surface area contributed by atoms with Gasteiger partial charge in [0.25, 0.3) is 0 Å². The Balaban J connectivity index is 3.46. The average Bonchev–Trinajstić information content (AvgIpc) is 3.26. The molecule has 0 aromatic heterocycles. The van der Waals surface area contributed by atoms with Crippen LogP contribution in [0.4, 0.5) is 0 Å². The predicted molar refractivity (Wildman–Crippen MR) is 272 cm³/mol. The van der Waals surface area contributed by atoms with E-state index >= 15 is 0 Å². The zero-order valence-corrected chi connectivity index (χ0v) is 41.7. The third-order valence-corrected chi connectivity index (χ3v) is 13.2. The topological polar surface area (TPSA) is 69.6 Å². The van der Waals surface area contributed by atoms with Crippen molar-refractivity contribution in [2.45, 2.75) is 328 Å². The van der Waals surface area contributed by atoms with Crippen LogP contribution in [0.3, 0.4) is 0 Å². The van der Waals surface area contributed by atoms with Crippen molar-refractivity contribution in [2.24, 2.45) is 0 Å². The second kappa shape index (κ2) is 53.2. The molecule has 3 N–H and O–H groups in total. The number of unbranched alkanes of at least 4 members (excludes halogenated alkanes) is 43. The van der Waals surface area contributed by atoms with Gasteiger partial charge in [0.05, 0.1) is 18.8 Å². The summed E-state index contributed by atoms with van der Waals surface area (Å²) in [5.41, 5.74) is 0. The van der Waals surface area contributed by atoms with Gasteiger partial charge in [0.15, 0.2) is 0 Å². The molecule has 362 valence electrons. The zero-order valence-electron chi connectivity index (χ0n) is 41.7. The molecule has 2 atom stereocenters. The van der Waals surface area contributed by atoms with Gasteiger partial charge in [-0.25, -0.2) is 0 Å². The number of nitrogens with one attached hydrogen (secondary N) is 1. The smallest absolute Gasteiger partial charge is 0.220 e. The Morgan fingerprint density at radius 1 is 0.377 bits per heavy atom. The minimum absolute atomic E-state index is 0.0685. The Hall–Kier alpha value is -1.13. The monoisotopic (exact) mass is 858 g/mol. The highest BCUT2D eigenvalue weighted by Gasteiger charge is 2.18. The fraction of sp³-hybridized carbons (Fsp3) is 0.912. The number of hydrogen-bond donors (Lipinski definition) is 3. The highest BCUT2D eigenvalue weighted by Crippen LogP contribution is 2.18. The van der Waals surface area contributed by atoms with E-state index in [2.05, 4.69) is 31.3 Å². The molecule has 0 fully saturated rings. The minimum Gasteiger partial charge on any atom is -0.394 e. The van der Waals surface area contributed by atoms with E-state index in [1.54, 1.807) is 6.08 Å². The molecule has 0 aliphatic heterocycles. The third-order valence-electron chi connectivity index (χ3n) is 13.2. The lowest BCUT2D eigenvalue weighted by molar-refractivity contribution is -0.123. The summed E-state index contributed by atoms with van der Waals surface area (Å²) in [5, 5.41) is 23.1. The molecule has 0 rings (SSSR count). The van der Waals surface area contributed by atoms with Crippen LogP contribution in [0.15, 0.2) is 24.3 Å². The Morgan fingerprint density at radius 2 is 0.639 bits per heavy atom. The molecule has 0 aromatic rings. The normalized spacial score (nSPS) is 12.9. The summed E-state index contributed by atoms with van der Waals surface area (Å²) in [6.45, 7) is 4.33. The van der Waals surface area contributed by atoms with Crippen molar-refractivity contribution in [3.8, 4) is 0 Å². The molecule has 4 heteroatoms. The molecule has 4 nitrogen and oxygen atoms in total. The van der Waals surface area contributed by atoms with Gasteiger partial charge in [0.1, 0.15) is 0 Å². The standard InChI is InChI=1S/C57H111NO3/c1-3-5-7-9-11-13-15-17-19-21-22-23-24-25-26-27-28-29-30-31-32-33-34-35-36-37-38-40-42-44-46-48-50-52-56(60)55(54-59)58-57(61)53-51-49-47-45-43-41-39-20-18-16-14-12-10-8-6-4-2/h42,44,50,52,55-56,59-60H,3-41,43,45-49,51,53-54H2,1-2H3,(H,58,61)/b44-42+,52-50+. The molecule has 0 aliphatic rings. The van der Waals surface area contributed by atoms with Gasteiger partial charge in [-0.15, -0.1) is 0 Å². The maximum atomic E-state index is 12.4. The third kappa shape index (κ3) is 49.7. The number of carbonyl (C=O) groups excluding carboxylic acids is 1. The lowest BCUT2D eigenvalue weighted by atomic mass is 10.0. The van der Waals surface area contributed by atoms with Crippen LogP contribution in [-0.2, 0) is 4.79 Å². The molecule has 0 bridgehead atoms. The summed E-state index contributed by atoms with van der Waals surface area (Å²) < 4.78 is 0. The molecule has 0 heterocycles. The van der Waals surface area contributed by atoms with Gasteiger partial charge in [-0.1, -0.05) is 301 Å². The molecule has 2 unspecified atom stereocenters. The number of aliphatic hydroxyl groups is 2. The number of carbonyl (C=O) groups is 1. The number of allylic oxidation sites excluding steroid dienone is 3. The summed E-state index contributed by atoms with van der Waals surface area (Å²) in [5.74, 6) is -0.0685. The van der Waals surface area contributed by atoms with Gasteiger partial charge in [0.2, 0.25) is 5.91 Å². The highest BCUT2D eigenvalue weighted by molar-refractivity contribution is 5.76. The number of rotatable bonds is 52. The minimum atomic E-state index is -0.859. The first-order valence-corrected chi connectivity index (χ1v) is 28.1. The predicted octanol–water partition coefficient (Wildman–Crippen LogP) is 18.3. The lowest BCUT2D eigenvalue weighted by Gasteiger charge is -2.19. The lowest BCUT2D eigenvalue weighted by Crippen LogP contribution is -2.45. The van der Waals surface area contributed by atoms with Crippen LogP contribution in [0.5, 0.6) is 0 Å². The van der Waals surface area contributed by atoms with Crippen molar-refractivity contribution in [1.82, 2.24) is 5.32 Å². The Kier molecular flexibility index (Phi) is 52.2. The van der Waals surface area contributed by atoms with Gasteiger partial charge >= 0.3 is 0 Å². The second-order valence-electron chi connectivity index (χ2n) is 19.4. The molecule has 0 spiro atoms. The quantitative estimate of drug-likeness (QED) is 0.0422. The molecule has 61 heavy (non-hydrogen) atoms. The van der Waals surface area contributed by atoms with E-state index < -0.39 is 12.1 Å². The molecule has 1 amide bonds. The zero-order chi connectivity index (χ0) is 44.2. The van der Waals surface area contributed by atoms with E-state index in [1.807, 2.05) is 6.08 Å². The molecule has 0 saturated carbocycles. The Bertz CT molecular complexity index is 886. The van der Waals surface area contributed by atoms with Crippen molar-refractivity contribution in [2.75, 3.05) is 6.61 Å². The van der Waals surface area contributed by atoms with Crippen molar-refractivity contribution >= 4 is 5.91 Å². The van der Waals surface area contributed by atoms with E-state index in [0.717, 1.165) is 32.1 Å². The maximum absolute atomic E-state index is 12.4. The first kappa shape index (κ1) is 59.9. The van der Waals surface area contributed by atoms with Gasteiger partial charge < -0.3 is 15.5 Å². The van der Waals surface area contributed by atoms with Crippen LogP contribution in [0.25, 0.3) is 0 Å². The molecular weight excluding hydrogens is 747 g/mol. The maximum Gasteiger partial charge on any atom is 0.220 e. The van der Waals surface area contributed by atoms with Crippen molar-refractivity contribution in [1.29, 1.82) is 0 Å². The first-order chi connectivity index (χ1) is 30.2. The van der Waals surface area contributed by atoms with Gasteiger partial charge in [-0.2, -0.15) is 0 Å². The van der Waals surface area contributed by atoms with Gasteiger partial charge in [0, 0.05) is 6.42 Å². The second-order valence-corrected chi connectivity index (χ2v) is 19.4. The summed E-state index contributed by atoms with van der Waals surface area (Å²) in [4.78, 5) is 12.4. The van der Waals surface area contributed by atoms with Crippen LogP contribution >= 0.6 is 0 Å². The van der Waals surface area contributed by atoms with Crippen molar-refractivity contribution in [3.63, 3.8) is 0 Å². The summed E-state index contributed by atoms with van der Waals surface area (Å²) in [7, 11) is 0. The SMILES string of the molecule is CCCCCCCCCCCCCCCCCCCCCCCCCCCCC/C=C/CC/C=C/C(O)C(CO)NC(=O)CCCCCCCCCCCCCCCCCC. The number of hydrogen-bond acceptors (Lipinski definition) is 3. The molecular formula is C57H111NO3. The van der Waals surface area contributed by atoms with Crippen LogP contribution in [0.2, 0.25) is 0 Å². The van der Waals surface area contributed by atoms with Crippen molar-refractivity contribution in [3.05, 3.63) is 24.3 Å². The van der Waals surface area contributed by atoms with Crippen LogP contribution in [0, 0.1) is 0 Å². The number of amides is 1. The Morgan fingerprint density at radius 3 is 0.951 bits per heavy atom. The fourth-order valence-electron chi connectivity index (χ4n) is 8.90. The van der Waals surface area contributed by atoms with E-state index in [4.69, 9.17) is 0 Å². The Labute approximate surface area is 383 Å². The van der Waals surface area contributed by atoms with E-state index in [1.165, 1.54) is 263 Å². The molecule has 0 radical (unpaired) electrons. The fourth-order valence-corrected chi connectivity index (χ4v) is 8.90. The number of aliphatic hydroxyl groups excluding tert-OH is 2. The summed E-state index contributed by atoms with van der Waals surface area (Å²) in [6, 6.07) is -0.635. The van der Waals surface area contributed by atoms with Crippen LogP contribution in [-0.4, -0.2) is 34.9 Å². The van der Waals surface area contributed by atoms with Crippen LogP contribution < -0.4 is 5.32 Å². The highest BCUT2D eigenvalue weighted by atomic mass is 16.3. The molecule has 0 saturated heterocycles. The van der Waals surface area contributed by atoms with Crippen molar-refractivity contribution < 1.29 is 15.0 Å². The van der Waals surface area contributed by atoms with Gasteiger partial charge in [-0.05, 0) is 32.1 Å². The average molecular weight is 859 g/mol. The van der Waals surface area contributed by atoms with Gasteiger partial charge in [-0.3, -0.25) is 4.79 Å². The summed E-state index contributed by atoms with van der Waals surface area (Å²) >= 11 is 0.